The molecule has 0 atom stereocenters. The smallest absolute Gasteiger partial charge is 0.226 e. The van der Waals surface area contributed by atoms with Crippen molar-refractivity contribution in [3.63, 3.8) is 0 Å². The number of nitrogens with one attached hydrogen (secondary N) is 1. The van der Waals surface area contributed by atoms with Crippen LogP contribution in [-0.4, -0.2) is 18.4 Å². The third-order valence-electron chi connectivity index (χ3n) is 3.86. The minimum Gasteiger partial charge on any atom is -0.326 e. The van der Waals surface area contributed by atoms with E-state index in [1.807, 2.05) is 26.0 Å². The van der Waals surface area contributed by atoms with Crippen LogP contribution >= 0.6 is 23.2 Å². The molecule has 2 aromatic rings. The Morgan fingerprint density at radius 2 is 1.72 bits per heavy atom. The van der Waals surface area contributed by atoms with Crippen LogP contribution in [-0.2, 0) is 9.59 Å². The van der Waals surface area contributed by atoms with Crippen LogP contribution in [0.3, 0.4) is 0 Å². The van der Waals surface area contributed by atoms with E-state index >= 15 is 0 Å². The maximum absolute atomic E-state index is 12.2. The van der Waals surface area contributed by atoms with Crippen molar-refractivity contribution in [3.8, 4) is 0 Å². The molecular weight excluding hydrogens is 359 g/mol. The topological polar surface area (TPSA) is 49.4 Å². The van der Waals surface area contributed by atoms with Crippen molar-refractivity contribution in [2.24, 2.45) is 0 Å². The molecule has 4 nitrogen and oxygen atoms in total. The minimum atomic E-state index is -0.189. The molecule has 0 bridgehead atoms. The van der Waals surface area contributed by atoms with Crippen molar-refractivity contribution in [1.82, 2.24) is 0 Å². The van der Waals surface area contributed by atoms with E-state index in [0.29, 0.717) is 21.4 Å². The van der Waals surface area contributed by atoms with Gasteiger partial charge in [-0.3, -0.25) is 9.59 Å². The Bertz CT molecular complexity index is 806. The summed E-state index contributed by atoms with van der Waals surface area (Å²) in [6.45, 7) is 5.53. The van der Waals surface area contributed by atoms with Gasteiger partial charge in [-0.05, 0) is 49.2 Å². The first kappa shape index (κ1) is 19.3. The molecule has 132 valence electrons. The molecule has 2 aromatic carbocycles. The molecule has 0 aliphatic rings. The van der Waals surface area contributed by atoms with Gasteiger partial charge in [0.2, 0.25) is 11.8 Å². The third kappa shape index (κ3) is 5.21. The molecule has 0 aliphatic carbocycles. The summed E-state index contributed by atoms with van der Waals surface area (Å²) in [5, 5.41) is 3.94. The zero-order valence-corrected chi connectivity index (χ0v) is 15.9. The minimum absolute atomic E-state index is 0.142. The standard InChI is InChI=1S/C19H20Cl2N2O2/c1-12-5-7-16(11-17(12)21)22-19(25)8-9-23(14(3)24)18-10-15(20)6-4-13(18)2/h4-7,10-11H,8-9H2,1-3H3,(H,22,25). The lowest BCUT2D eigenvalue weighted by Gasteiger charge is -2.23. The zero-order chi connectivity index (χ0) is 18.6. The highest BCUT2D eigenvalue weighted by molar-refractivity contribution is 6.31. The van der Waals surface area contributed by atoms with Gasteiger partial charge in [0.15, 0.2) is 0 Å². The molecule has 25 heavy (non-hydrogen) atoms. The second kappa shape index (κ2) is 8.37. The van der Waals surface area contributed by atoms with E-state index < -0.39 is 0 Å². The lowest BCUT2D eigenvalue weighted by molar-refractivity contribution is -0.117. The van der Waals surface area contributed by atoms with Gasteiger partial charge < -0.3 is 10.2 Å². The van der Waals surface area contributed by atoms with Gasteiger partial charge in [-0.2, -0.15) is 0 Å². The van der Waals surface area contributed by atoms with E-state index in [0.717, 1.165) is 11.1 Å². The number of amides is 2. The average Bonchev–Trinajstić information content (AvgIpc) is 2.54. The first-order chi connectivity index (χ1) is 11.8. The summed E-state index contributed by atoms with van der Waals surface area (Å²) in [6.07, 6.45) is 0.164. The normalized spacial score (nSPS) is 10.4. The first-order valence-electron chi connectivity index (χ1n) is 7.88. The highest BCUT2D eigenvalue weighted by atomic mass is 35.5. The van der Waals surface area contributed by atoms with Crippen molar-refractivity contribution in [3.05, 3.63) is 57.6 Å². The molecule has 0 heterocycles. The summed E-state index contributed by atoms with van der Waals surface area (Å²) in [7, 11) is 0. The predicted molar refractivity (Wildman–Crippen MR) is 104 cm³/mol. The zero-order valence-electron chi connectivity index (χ0n) is 14.4. The summed E-state index contributed by atoms with van der Waals surface area (Å²) in [6, 6.07) is 10.7. The van der Waals surface area contributed by atoms with E-state index in [-0.39, 0.29) is 24.8 Å². The van der Waals surface area contributed by atoms with E-state index in [1.165, 1.54) is 6.92 Å². The third-order valence-corrected chi connectivity index (χ3v) is 4.50. The highest BCUT2D eigenvalue weighted by Gasteiger charge is 2.16. The van der Waals surface area contributed by atoms with Crippen LogP contribution in [0.1, 0.15) is 24.5 Å². The lowest BCUT2D eigenvalue weighted by atomic mass is 10.1. The number of hydrogen-bond acceptors (Lipinski definition) is 2. The number of benzene rings is 2. The SMILES string of the molecule is CC(=O)N(CCC(=O)Nc1ccc(C)c(Cl)c1)c1cc(Cl)ccc1C. The molecule has 1 N–H and O–H groups in total. The van der Waals surface area contributed by atoms with Gasteiger partial charge in [-0.15, -0.1) is 0 Å². The molecule has 0 aliphatic heterocycles. The molecule has 0 spiro atoms. The Hall–Kier alpha value is -2.04. The van der Waals surface area contributed by atoms with Gasteiger partial charge in [0.05, 0.1) is 0 Å². The Balaban J connectivity index is 2.05. The van der Waals surface area contributed by atoms with Gasteiger partial charge in [-0.1, -0.05) is 35.3 Å². The summed E-state index contributed by atoms with van der Waals surface area (Å²) in [5.41, 5.74) is 3.21. The number of carbonyl (C=O) groups excluding carboxylic acids is 2. The Kier molecular flexibility index (Phi) is 6.45. The molecular formula is C19H20Cl2N2O2. The molecule has 0 fully saturated rings. The van der Waals surface area contributed by atoms with Crippen LogP contribution in [0.25, 0.3) is 0 Å². The number of aryl methyl sites for hydroxylation is 2. The Labute approximate surface area is 157 Å². The molecule has 2 amide bonds. The van der Waals surface area contributed by atoms with Crippen molar-refractivity contribution in [2.45, 2.75) is 27.2 Å². The molecule has 0 unspecified atom stereocenters. The fourth-order valence-corrected chi connectivity index (χ4v) is 2.78. The Morgan fingerprint density at radius 1 is 1.04 bits per heavy atom. The maximum Gasteiger partial charge on any atom is 0.226 e. The lowest BCUT2D eigenvalue weighted by Crippen LogP contribution is -2.32. The second-order valence-electron chi connectivity index (χ2n) is 5.86. The highest BCUT2D eigenvalue weighted by Crippen LogP contribution is 2.25. The van der Waals surface area contributed by atoms with Crippen LogP contribution < -0.4 is 10.2 Å². The summed E-state index contributed by atoms with van der Waals surface area (Å²) >= 11 is 12.1. The predicted octanol–water partition coefficient (Wildman–Crippen LogP) is 4.99. The summed E-state index contributed by atoms with van der Waals surface area (Å²) in [5.74, 6) is -0.331. The van der Waals surface area contributed by atoms with Gasteiger partial charge in [0.1, 0.15) is 0 Å². The fourth-order valence-electron chi connectivity index (χ4n) is 2.43. The number of anilines is 2. The quantitative estimate of drug-likeness (QED) is 0.796. The first-order valence-corrected chi connectivity index (χ1v) is 8.64. The summed E-state index contributed by atoms with van der Waals surface area (Å²) in [4.78, 5) is 25.8. The molecule has 0 saturated heterocycles. The van der Waals surface area contributed by atoms with Crippen LogP contribution in [0.2, 0.25) is 10.0 Å². The molecule has 0 aromatic heterocycles. The number of nitrogens with zero attached hydrogens (tertiary/aromatic N) is 1. The Morgan fingerprint density at radius 3 is 2.36 bits per heavy atom. The summed E-state index contributed by atoms with van der Waals surface area (Å²) < 4.78 is 0. The molecule has 2 rings (SSSR count). The van der Waals surface area contributed by atoms with E-state index in [1.54, 1.807) is 29.2 Å². The van der Waals surface area contributed by atoms with Crippen LogP contribution in [0.5, 0.6) is 0 Å². The van der Waals surface area contributed by atoms with Gasteiger partial charge in [0, 0.05) is 41.3 Å². The number of halogens is 2. The monoisotopic (exact) mass is 378 g/mol. The van der Waals surface area contributed by atoms with Crippen molar-refractivity contribution in [1.29, 1.82) is 0 Å². The number of carbonyl (C=O) groups is 2. The van der Waals surface area contributed by atoms with Crippen LogP contribution in [0.15, 0.2) is 36.4 Å². The van der Waals surface area contributed by atoms with Crippen molar-refractivity contribution >= 4 is 46.4 Å². The van der Waals surface area contributed by atoms with Gasteiger partial charge in [-0.25, -0.2) is 0 Å². The molecule has 6 heteroatoms. The van der Waals surface area contributed by atoms with Gasteiger partial charge >= 0.3 is 0 Å². The van der Waals surface area contributed by atoms with E-state index in [2.05, 4.69) is 5.32 Å². The van der Waals surface area contributed by atoms with Crippen molar-refractivity contribution < 1.29 is 9.59 Å². The molecule has 0 saturated carbocycles. The van der Waals surface area contributed by atoms with E-state index in [4.69, 9.17) is 23.2 Å². The second-order valence-corrected chi connectivity index (χ2v) is 6.71. The largest absolute Gasteiger partial charge is 0.326 e. The number of rotatable bonds is 5. The maximum atomic E-state index is 12.2. The molecule has 0 radical (unpaired) electrons. The van der Waals surface area contributed by atoms with E-state index in [9.17, 15) is 9.59 Å². The average molecular weight is 379 g/mol. The number of hydrogen-bond donors (Lipinski definition) is 1. The fraction of sp³-hybridized carbons (Fsp3) is 0.263. The van der Waals surface area contributed by atoms with Crippen molar-refractivity contribution in [2.75, 3.05) is 16.8 Å². The van der Waals surface area contributed by atoms with Crippen LogP contribution in [0.4, 0.5) is 11.4 Å². The van der Waals surface area contributed by atoms with Crippen LogP contribution in [0, 0.1) is 13.8 Å². The van der Waals surface area contributed by atoms with Gasteiger partial charge in [0.25, 0.3) is 0 Å².